The van der Waals surface area contributed by atoms with Crippen LogP contribution in [0.3, 0.4) is 0 Å². The predicted octanol–water partition coefficient (Wildman–Crippen LogP) is 6.38. The van der Waals surface area contributed by atoms with Gasteiger partial charge in [0.1, 0.15) is 5.75 Å². The van der Waals surface area contributed by atoms with Gasteiger partial charge in [0, 0.05) is 29.5 Å². The van der Waals surface area contributed by atoms with E-state index in [-0.39, 0.29) is 12.1 Å². The number of pyridine rings is 2. The third kappa shape index (κ3) is 4.48. The molecule has 3 aromatic heterocycles. The van der Waals surface area contributed by atoms with Gasteiger partial charge in [-0.2, -0.15) is 0 Å². The molecule has 1 aliphatic carbocycles. The lowest BCUT2D eigenvalue weighted by Gasteiger charge is -2.28. The van der Waals surface area contributed by atoms with Crippen molar-refractivity contribution < 1.29 is 4.74 Å². The molecular weight excluding hydrogens is 478 g/mol. The van der Waals surface area contributed by atoms with E-state index in [4.69, 9.17) is 21.9 Å². The quantitative estimate of drug-likeness (QED) is 0.304. The molecule has 7 heteroatoms. The summed E-state index contributed by atoms with van der Waals surface area (Å²) in [6.07, 6.45) is 10.7. The molecule has 1 saturated carbocycles. The number of benzene rings is 1. The smallest absolute Gasteiger partial charge is 0.174 e. The largest absolute Gasteiger partial charge is 0.490 e. The van der Waals surface area contributed by atoms with Crippen LogP contribution in [0, 0.1) is 13.8 Å². The molecule has 0 amide bonds. The number of hydrogen-bond donors (Lipinski definition) is 1. The Morgan fingerprint density at radius 2 is 1.76 bits per heavy atom. The second-order valence-corrected chi connectivity index (χ2v) is 10.3. The molecule has 1 aliphatic heterocycles. The molecule has 4 aromatic rings. The van der Waals surface area contributed by atoms with Gasteiger partial charge < -0.3 is 19.5 Å². The van der Waals surface area contributed by atoms with Crippen LogP contribution in [0.15, 0.2) is 79.3 Å². The molecule has 1 aromatic carbocycles. The Hall–Kier alpha value is -3.71. The number of anilines is 1. The number of aromatic nitrogens is 3. The van der Waals surface area contributed by atoms with Gasteiger partial charge in [0.25, 0.3) is 0 Å². The summed E-state index contributed by atoms with van der Waals surface area (Å²) in [5.41, 5.74) is 6.56. The molecule has 2 atom stereocenters. The van der Waals surface area contributed by atoms with Crippen molar-refractivity contribution in [2.75, 3.05) is 4.90 Å². The van der Waals surface area contributed by atoms with Crippen molar-refractivity contribution in [1.82, 2.24) is 19.9 Å². The molecule has 2 aliphatic rings. The van der Waals surface area contributed by atoms with Gasteiger partial charge in [0.15, 0.2) is 5.11 Å². The Kier molecular flexibility index (Phi) is 6.38. The number of rotatable bonds is 6. The standard InChI is InChI=1S/C30H31N5OS/c1-20-18-26(21(2)34(20)23-8-7-16-31-19-23)29-28(27-11-5-6-17-32-27)33-30(37)35(29)22-12-14-25(15-13-22)36-24-9-3-4-10-24/h5-8,11-19,24,28-29H,3-4,9-10H2,1-2H3,(H,33,37)/t28-,29-/m0/s1. The zero-order chi connectivity index (χ0) is 25.4. The van der Waals surface area contributed by atoms with Crippen LogP contribution in [-0.4, -0.2) is 25.8 Å². The van der Waals surface area contributed by atoms with E-state index in [2.05, 4.69) is 76.1 Å². The van der Waals surface area contributed by atoms with Crippen LogP contribution in [0.2, 0.25) is 0 Å². The van der Waals surface area contributed by atoms with Crippen molar-refractivity contribution in [1.29, 1.82) is 0 Å². The normalized spacial score (nSPS) is 19.8. The van der Waals surface area contributed by atoms with Crippen LogP contribution in [0.5, 0.6) is 5.75 Å². The summed E-state index contributed by atoms with van der Waals surface area (Å²) in [6, 6.07) is 20.6. The number of nitrogens with zero attached hydrogens (tertiary/aromatic N) is 4. The van der Waals surface area contributed by atoms with Gasteiger partial charge in [-0.25, -0.2) is 0 Å². The number of ether oxygens (including phenoxy) is 1. The van der Waals surface area contributed by atoms with Crippen molar-refractivity contribution in [2.45, 2.75) is 57.7 Å². The Morgan fingerprint density at radius 1 is 0.946 bits per heavy atom. The number of hydrogen-bond acceptors (Lipinski definition) is 4. The van der Waals surface area contributed by atoms with E-state index in [0.29, 0.717) is 11.2 Å². The van der Waals surface area contributed by atoms with Gasteiger partial charge in [-0.15, -0.1) is 0 Å². The maximum Gasteiger partial charge on any atom is 0.174 e. The first-order valence-corrected chi connectivity index (χ1v) is 13.4. The van der Waals surface area contributed by atoms with Crippen molar-refractivity contribution in [3.8, 4) is 11.4 Å². The summed E-state index contributed by atoms with van der Waals surface area (Å²) < 4.78 is 8.48. The fourth-order valence-corrected chi connectivity index (χ4v) is 6.15. The minimum atomic E-state index is -0.0917. The molecule has 188 valence electrons. The van der Waals surface area contributed by atoms with Gasteiger partial charge in [-0.3, -0.25) is 9.97 Å². The molecule has 0 bridgehead atoms. The van der Waals surface area contributed by atoms with Crippen LogP contribution in [0.25, 0.3) is 5.69 Å². The van der Waals surface area contributed by atoms with E-state index in [0.717, 1.165) is 47.0 Å². The summed E-state index contributed by atoms with van der Waals surface area (Å²) in [5, 5.41) is 4.27. The topological polar surface area (TPSA) is 55.2 Å². The third-order valence-electron chi connectivity index (χ3n) is 7.51. The molecule has 37 heavy (non-hydrogen) atoms. The summed E-state index contributed by atoms with van der Waals surface area (Å²) in [5.74, 6) is 0.918. The second kappa shape index (κ2) is 9.98. The van der Waals surface area contributed by atoms with E-state index >= 15 is 0 Å². The lowest BCUT2D eigenvalue weighted by molar-refractivity contribution is 0.210. The lowest BCUT2D eigenvalue weighted by atomic mass is 9.96. The molecular formula is C30H31N5OS. The zero-order valence-corrected chi connectivity index (χ0v) is 22.0. The van der Waals surface area contributed by atoms with Gasteiger partial charge in [0.2, 0.25) is 0 Å². The van der Waals surface area contributed by atoms with Crippen LogP contribution < -0.4 is 15.0 Å². The first-order valence-electron chi connectivity index (χ1n) is 13.0. The monoisotopic (exact) mass is 509 g/mol. The van der Waals surface area contributed by atoms with Crippen molar-refractivity contribution in [2.24, 2.45) is 0 Å². The fraction of sp³-hybridized carbons (Fsp3) is 0.300. The van der Waals surface area contributed by atoms with Gasteiger partial charge in [-0.1, -0.05) is 6.07 Å². The Balaban J connectivity index is 1.41. The summed E-state index contributed by atoms with van der Waals surface area (Å²) in [6.45, 7) is 4.31. The fourth-order valence-electron chi connectivity index (χ4n) is 5.80. The molecule has 0 unspecified atom stereocenters. The van der Waals surface area contributed by atoms with Gasteiger partial charge >= 0.3 is 0 Å². The van der Waals surface area contributed by atoms with Crippen molar-refractivity contribution in [3.63, 3.8) is 0 Å². The SMILES string of the molecule is Cc1cc([C@H]2[C@H](c3ccccn3)NC(=S)N2c2ccc(OC3CCCC3)cc2)c(C)n1-c1cccnc1. The van der Waals surface area contributed by atoms with Crippen LogP contribution in [0.1, 0.15) is 60.4 Å². The minimum Gasteiger partial charge on any atom is -0.490 e. The number of aryl methyl sites for hydroxylation is 1. The lowest BCUT2D eigenvalue weighted by Crippen LogP contribution is -2.29. The highest BCUT2D eigenvalue weighted by atomic mass is 32.1. The first-order chi connectivity index (χ1) is 18.1. The van der Waals surface area contributed by atoms with E-state index < -0.39 is 0 Å². The average molecular weight is 510 g/mol. The summed E-state index contributed by atoms with van der Waals surface area (Å²) in [7, 11) is 0. The average Bonchev–Trinajstić information content (AvgIpc) is 3.63. The second-order valence-electron chi connectivity index (χ2n) is 9.89. The van der Waals surface area contributed by atoms with Crippen LogP contribution in [0.4, 0.5) is 5.69 Å². The van der Waals surface area contributed by atoms with Crippen molar-refractivity contribution in [3.05, 3.63) is 102 Å². The van der Waals surface area contributed by atoms with E-state index in [1.807, 2.05) is 30.6 Å². The number of thiocarbonyl (C=S) groups is 1. The maximum atomic E-state index is 6.22. The molecule has 6 nitrogen and oxygen atoms in total. The van der Waals surface area contributed by atoms with Crippen LogP contribution in [-0.2, 0) is 0 Å². The molecule has 6 rings (SSSR count). The first kappa shape index (κ1) is 23.7. The number of nitrogens with one attached hydrogen (secondary N) is 1. The van der Waals surface area contributed by atoms with Gasteiger partial charge in [0.05, 0.1) is 35.8 Å². The van der Waals surface area contributed by atoms with Gasteiger partial charge in [-0.05, 0) is 112 Å². The highest BCUT2D eigenvalue weighted by Gasteiger charge is 2.42. The Bertz CT molecular complexity index is 1380. The summed E-state index contributed by atoms with van der Waals surface area (Å²) >= 11 is 5.94. The minimum absolute atomic E-state index is 0.0689. The van der Waals surface area contributed by atoms with Crippen LogP contribution >= 0.6 is 12.2 Å². The van der Waals surface area contributed by atoms with E-state index in [1.54, 1.807) is 6.20 Å². The zero-order valence-electron chi connectivity index (χ0n) is 21.2. The predicted molar refractivity (Wildman–Crippen MR) is 150 cm³/mol. The summed E-state index contributed by atoms with van der Waals surface area (Å²) in [4.78, 5) is 11.3. The highest BCUT2D eigenvalue weighted by Crippen LogP contribution is 2.44. The van der Waals surface area contributed by atoms with E-state index in [1.165, 1.54) is 18.4 Å². The molecule has 1 saturated heterocycles. The van der Waals surface area contributed by atoms with Crippen molar-refractivity contribution >= 4 is 23.0 Å². The molecule has 1 N–H and O–H groups in total. The third-order valence-corrected chi connectivity index (χ3v) is 7.83. The molecule has 2 fully saturated rings. The maximum absolute atomic E-state index is 6.22. The Morgan fingerprint density at radius 3 is 2.46 bits per heavy atom. The molecule has 0 radical (unpaired) electrons. The molecule has 4 heterocycles. The molecule has 0 spiro atoms. The Labute approximate surface area is 223 Å². The van der Waals surface area contributed by atoms with E-state index in [9.17, 15) is 0 Å². The highest BCUT2D eigenvalue weighted by molar-refractivity contribution is 7.80.